The molecule has 0 aliphatic carbocycles. The van der Waals surface area contributed by atoms with Gasteiger partial charge in [0.05, 0.1) is 11.9 Å². The van der Waals surface area contributed by atoms with Gasteiger partial charge in [0.2, 0.25) is 0 Å². The van der Waals surface area contributed by atoms with E-state index in [0.717, 1.165) is 24.9 Å². The molecular formula is C24H39IN6O2. The molecule has 0 bridgehead atoms. The molecule has 1 heterocycles. The zero-order valence-corrected chi connectivity index (χ0v) is 23.0. The molecule has 9 heteroatoms. The van der Waals surface area contributed by atoms with Crippen LogP contribution >= 0.6 is 24.0 Å². The van der Waals surface area contributed by atoms with E-state index in [0.29, 0.717) is 19.0 Å². The lowest BCUT2D eigenvalue weighted by molar-refractivity contribution is 0.0448. The van der Waals surface area contributed by atoms with Crippen molar-refractivity contribution >= 4 is 36.0 Å². The predicted molar refractivity (Wildman–Crippen MR) is 144 cm³/mol. The van der Waals surface area contributed by atoms with E-state index in [9.17, 15) is 4.79 Å². The number of benzene rings is 1. The van der Waals surface area contributed by atoms with Gasteiger partial charge in [-0.25, -0.2) is 9.78 Å². The highest BCUT2D eigenvalue weighted by atomic mass is 127. The van der Waals surface area contributed by atoms with Crippen molar-refractivity contribution < 1.29 is 9.53 Å². The number of hydrogen-bond donors (Lipinski definition) is 3. The summed E-state index contributed by atoms with van der Waals surface area (Å²) in [6.45, 7) is 11.7. The lowest BCUT2D eigenvalue weighted by Gasteiger charge is -2.34. The van der Waals surface area contributed by atoms with Gasteiger partial charge in [-0.2, -0.15) is 0 Å². The number of aromatic nitrogens is 2. The molecule has 1 amide bonds. The third-order valence-corrected chi connectivity index (χ3v) is 5.34. The highest BCUT2D eigenvalue weighted by molar-refractivity contribution is 14.0. The smallest absolute Gasteiger partial charge is 0.408 e. The lowest BCUT2D eigenvalue weighted by Crippen LogP contribution is -2.57. The van der Waals surface area contributed by atoms with Crippen molar-refractivity contribution in [1.29, 1.82) is 0 Å². The van der Waals surface area contributed by atoms with Gasteiger partial charge in [-0.15, -0.1) is 24.0 Å². The van der Waals surface area contributed by atoms with E-state index in [2.05, 4.69) is 64.0 Å². The fourth-order valence-electron chi connectivity index (χ4n) is 3.25. The van der Waals surface area contributed by atoms with Gasteiger partial charge in [0.15, 0.2) is 5.96 Å². The van der Waals surface area contributed by atoms with Gasteiger partial charge < -0.3 is 25.3 Å². The fraction of sp³-hybridized carbons (Fsp3) is 0.542. The second-order valence-electron chi connectivity index (χ2n) is 8.95. The van der Waals surface area contributed by atoms with E-state index in [4.69, 9.17) is 4.74 Å². The van der Waals surface area contributed by atoms with Gasteiger partial charge in [-0.05, 0) is 44.7 Å². The Hall–Kier alpha value is -2.30. The molecule has 0 fully saturated rings. The first kappa shape index (κ1) is 28.7. The summed E-state index contributed by atoms with van der Waals surface area (Å²) in [4.78, 5) is 20.7. The largest absolute Gasteiger partial charge is 0.444 e. The van der Waals surface area contributed by atoms with Crippen molar-refractivity contribution in [3.63, 3.8) is 0 Å². The Bertz CT molecular complexity index is 856. The van der Waals surface area contributed by atoms with Crippen LogP contribution in [0.3, 0.4) is 0 Å². The summed E-state index contributed by atoms with van der Waals surface area (Å²) in [5, 5.41) is 9.74. The van der Waals surface area contributed by atoms with Gasteiger partial charge in [-0.3, -0.25) is 4.99 Å². The molecule has 0 atom stereocenters. The second kappa shape index (κ2) is 13.4. The van der Waals surface area contributed by atoms with E-state index in [-0.39, 0.29) is 24.0 Å². The summed E-state index contributed by atoms with van der Waals surface area (Å²) in [5.41, 5.74) is 1.43. The zero-order chi connectivity index (χ0) is 23.6. The summed E-state index contributed by atoms with van der Waals surface area (Å²) >= 11 is 0. The van der Waals surface area contributed by atoms with E-state index in [1.807, 2.05) is 37.9 Å². The molecule has 3 N–H and O–H groups in total. The summed E-state index contributed by atoms with van der Waals surface area (Å²) in [6.07, 6.45) is 6.69. The molecule has 0 saturated heterocycles. The summed E-state index contributed by atoms with van der Waals surface area (Å²) in [7, 11) is 1.74. The minimum absolute atomic E-state index is 0. The first-order chi connectivity index (χ1) is 15.2. The van der Waals surface area contributed by atoms with Crippen molar-refractivity contribution in [3.05, 3.63) is 54.1 Å². The monoisotopic (exact) mass is 570 g/mol. The number of aliphatic imine (C=N–C) groups is 1. The van der Waals surface area contributed by atoms with Crippen LogP contribution in [0.2, 0.25) is 0 Å². The molecule has 0 aliphatic rings. The van der Waals surface area contributed by atoms with Crippen LogP contribution < -0.4 is 16.0 Å². The third kappa shape index (κ3) is 10.0. The van der Waals surface area contributed by atoms with Gasteiger partial charge in [0, 0.05) is 39.1 Å². The minimum Gasteiger partial charge on any atom is -0.444 e. The van der Waals surface area contributed by atoms with E-state index in [1.54, 1.807) is 13.2 Å². The number of ether oxygens (including phenoxy) is 1. The van der Waals surface area contributed by atoms with Crippen molar-refractivity contribution in [2.75, 3.05) is 13.6 Å². The second-order valence-corrected chi connectivity index (χ2v) is 8.95. The van der Waals surface area contributed by atoms with Crippen molar-refractivity contribution in [2.24, 2.45) is 4.99 Å². The Morgan fingerprint density at radius 1 is 1.09 bits per heavy atom. The molecular weight excluding hydrogens is 531 g/mol. The maximum absolute atomic E-state index is 12.3. The first-order valence-corrected chi connectivity index (χ1v) is 11.2. The molecule has 0 unspecified atom stereocenters. The summed E-state index contributed by atoms with van der Waals surface area (Å²) < 4.78 is 7.49. The molecule has 184 valence electrons. The lowest BCUT2D eigenvalue weighted by atomic mass is 9.93. The average molecular weight is 571 g/mol. The molecule has 2 aromatic rings. The maximum Gasteiger partial charge on any atom is 0.408 e. The van der Waals surface area contributed by atoms with Crippen molar-refractivity contribution in [2.45, 2.75) is 71.7 Å². The van der Waals surface area contributed by atoms with Crippen LogP contribution in [-0.2, 0) is 17.8 Å². The van der Waals surface area contributed by atoms with E-state index < -0.39 is 17.2 Å². The number of guanidine groups is 1. The molecule has 33 heavy (non-hydrogen) atoms. The molecule has 0 radical (unpaired) electrons. The minimum atomic E-state index is -0.531. The van der Waals surface area contributed by atoms with Gasteiger partial charge in [0.1, 0.15) is 5.60 Å². The van der Waals surface area contributed by atoms with Crippen molar-refractivity contribution in [1.82, 2.24) is 25.5 Å². The Balaban J connectivity index is 0.00000544. The van der Waals surface area contributed by atoms with E-state index >= 15 is 0 Å². The third-order valence-electron chi connectivity index (χ3n) is 5.34. The molecule has 2 rings (SSSR count). The van der Waals surface area contributed by atoms with Crippen LogP contribution in [0.25, 0.3) is 0 Å². The number of halogens is 1. The highest BCUT2D eigenvalue weighted by Gasteiger charge is 2.30. The van der Waals surface area contributed by atoms with Gasteiger partial charge >= 0.3 is 6.09 Å². The number of alkyl carbamates (subject to hydrolysis) is 1. The Morgan fingerprint density at radius 2 is 1.73 bits per heavy atom. The predicted octanol–water partition coefficient (Wildman–Crippen LogP) is 4.30. The van der Waals surface area contributed by atoms with Crippen molar-refractivity contribution in [3.8, 4) is 0 Å². The Morgan fingerprint density at radius 3 is 2.24 bits per heavy atom. The van der Waals surface area contributed by atoms with Crippen LogP contribution in [0.5, 0.6) is 0 Å². The summed E-state index contributed by atoms with van der Waals surface area (Å²) in [6, 6.07) is 8.46. The molecule has 0 saturated carbocycles. The number of carbonyl (C=O) groups is 1. The van der Waals surface area contributed by atoms with Crippen LogP contribution in [-0.4, -0.2) is 46.3 Å². The molecule has 1 aromatic heterocycles. The Kier molecular flexibility index (Phi) is 11.7. The van der Waals surface area contributed by atoms with Gasteiger partial charge in [0.25, 0.3) is 0 Å². The van der Waals surface area contributed by atoms with Crippen LogP contribution in [0.4, 0.5) is 4.79 Å². The average Bonchev–Trinajstić information content (AvgIpc) is 3.25. The maximum atomic E-state index is 12.3. The van der Waals surface area contributed by atoms with Crippen LogP contribution in [0.15, 0.2) is 48.0 Å². The Labute approximate surface area is 215 Å². The SMILES string of the molecule is CCC(CC)(CNC(=NC)NCc1ccc(Cn2ccnc2)cc1)NC(=O)OC(C)(C)C.I. The molecule has 8 nitrogen and oxygen atoms in total. The number of amides is 1. The highest BCUT2D eigenvalue weighted by Crippen LogP contribution is 2.16. The molecule has 0 spiro atoms. The van der Waals surface area contributed by atoms with Gasteiger partial charge in [-0.1, -0.05) is 38.1 Å². The number of nitrogens with one attached hydrogen (secondary N) is 3. The first-order valence-electron chi connectivity index (χ1n) is 11.2. The fourth-order valence-corrected chi connectivity index (χ4v) is 3.25. The normalized spacial score (nSPS) is 12.0. The number of imidazole rings is 1. The zero-order valence-electron chi connectivity index (χ0n) is 20.6. The van der Waals surface area contributed by atoms with Crippen LogP contribution in [0.1, 0.15) is 58.6 Å². The number of hydrogen-bond acceptors (Lipinski definition) is 4. The molecule has 1 aromatic carbocycles. The van der Waals surface area contributed by atoms with Crippen LogP contribution in [0, 0.1) is 0 Å². The van der Waals surface area contributed by atoms with E-state index in [1.165, 1.54) is 5.56 Å². The number of nitrogens with zero attached hydrogens (tertiary/aromatic N) is 3. The number of carbonyl (C=O) groups excluding carboxylic acids is 1. The standard InChI is InChI=1S/C24H38N6O2.HI/c1-7-24(8-2,29-22(31)32-23(3,4)5)17-28-21(25-6)27-15-19-9-11-20(12-10-19)16-30-14-13-26-18-30;/h9-14,18H,7-8,15-17H2,1-6H3,(H,29,31)(H2,25,27,28);1H. The summed E-state index contributed by atoms with van der Waals surface area (Å²) in [5.74, 6) is 0.685. The number of rotatable bonds is 9. The topological polar surface area (TPSA) is 92.6 Å². The quantitative estimate of drug-likeness (QED) is 0.238. The molecule has 0 aliphatic heterocycles.